The van der Waals surface area contributed by atoms with Gasteiger partial charge in [-0.25, -0.2) is 9.37 Å². The topological polar surface area (TPSA) is 82.8 Å². The van der Waals surface area contributed by atoms with Crippen LogP contribution in [0.3, 0.4) is 0 Å². The van der Waals surface area contributed by atoms with Gasteiger partial charge >= 0.3 is 0 Å². The molecule has 0 saturated carbocycles. The van der Waals surface area contributed by atoms with Crippen molar-refractivity contribution in [2.45, 2.75) is 18.6 Å². The third-order valence-electron chi connectivity index (χ3n) is 5.96. The molecule has 5 nitrogen and oxygen atoms in total. The van der Waals surface area contributed by atoms with Crippen molar-refractivity contribution in [3.05, 3.63) is 119 Å². The summed E-state index contributed by atoms with van der Waals surface area (Å²) in [5.41, 5.74) is 18.8. The Morgan fingerprint density at radius 1 is 0.882 bits per heavy atom. The van der Waals surface area contributed by atoms with Gasteiger partial charge in [-0.1, -0.05) is 60.1 Å². The SMILES string of the molecule is NC(c1ccccc1)C(N)c1cc(-c2ccc3ncn(Cc4cccc(F)c4)c3c2)c(Cl)cn1. The van der Waals surface area contributed by atoms with E-state index in [1.165, 1.54) is 12.1 Å². The molecule has 5 aromatic rings. The number of nitrogens with zero attached hydrogens (tertiary/aromatic N) is 3. The van der Waals surface area contributed by atoms with Crippen LogP contribution < -0.4 is 11.5 Å². The minimum absolute atomic E-state index is 0.260. The summed E-state index contributed by atoms with van der Waals surface area (Å²) in [5.74, 6) is -0.260. The maximum Gasteiger partial charge on any atom is 0.123 e. The summed E-state index contributed by atoms with van der Waals surface area (Å²) in [6, 6.07) is 23.2. The van der Waals surface area contributed by atoms with Crippen LogP contribution in [0.15, 0.2) is 91.4 Å². The normalized spacial score (nSPS) is 13.2. The summed E-state index contributed by atoms with van der Waals surface area (Å²) in [5, 5.41) is 0.514. The van der Waals surface area contributed by atoms with E-state index in [2.05, 4.69) is 9.97 Å². The van der Waals surface area contributed by atoms with Gasteiger partial charge in [-0.15, -0.1) is 0 Å². The van der Waals surface area contributed by atoms with Gasteiger partial charge in [-0.2, -0.15) is 0 Å². The van der Waals surface area contributed by atoms with Crippen molar-refractivity contribution in [1.29, 1.82) is 0 Å². The van der Waals surface area contributed by atoms with E-state index in [-0.39, 0.29) is 5.82 Å². The molecular weight excluding hydrogens is 449 g/mol. The van der Waals surface area contributed by atoms with Crippen molar-refractivity contribution in [3.63, 3.8) is 0 Å². The van der Waals surface area contributed by atoms with E-state index >= 15 is 0 Å². The fourth-order valence-corrected chi connectivity index (χ4v) is 4.32. The quantitative estimate of drug-likeness (QED) is 0.336. The standard InChI is InChI=1S/C27H23ClFN5/c28-22-14-32-24(27(31)26(30)18-6-2-1-3-7-18)13-21(22)19-9-10-23-25(12-19)34(16-33-23)15-17-5-4-8-20(29)11-17/h1-14,16,26-27H,15,30-31H2. The van der Waals surface area contributed by atoms with Crippen LogP contribution in [0.5, 0.6) is 0 Å². The molecule has 0 bridgehead atoms. The second kappa shape index (κ2) is 9.35. The van der Waals surface area contributed by atoms with Crippen molar-refractivity contribution >= 4 is 22.6 Å². The van der Waals surface area contributed by atoms with Crippen molar-refractivity contribution in [2.24, 2.45) is 11.5 Å². The van der Waals surface area contributed by atoms with Gasteiger partial charge in [0.2, 0.25) is 0 Å². The van der Waals surface area contributed by atoms with E-state index in [0.29, 0.717) is 17.3 Å². The molecule has 2 unspecified atom stereocenters. The predicted octanol–water partition coefficient (Wildman–Crippen LogP) is 5.64. The van der Waals surface area contributed by atoms with E-state index in [1.54, 1.807) is 18.6 Å². The molecule has 0 radical (unpaired) electrons. The van der Waals surface area contributed by atoms with Crippen LogP contribution in [0.2, 0.25) is 5.02 Å². The minimum atomic E-state index is -0.499. The Bertz CT molecular complexity index is 1450. The van der Waals surface area contributed by atoms with Crippen LogP contribution in [0.25, 0.3) is 22.2 Å². The van der Waals surface area contributed by atoms with Crippen LogP contribution in [0.4, 0.5) is 4.39 Å². The highest BCUT2D eigenvalue weighted by Crippen LogP contribution is 2.33. The first kappa shape index (κ1) is 22.2. The summed E-state index contributed by atoms with van der Waals surface area (Å²) in [6.45, 7) is 0.504. The summed E-state index contributed by atoms with van der Waals surface area (Å²) >= 11 is 6.55. The van der Waals surface area contributed by atoms with Crippen molar-refractivity contribution in [2.75, 3.05) is 0 Å². The Hall–Kier alpha value is -3.58. The average Bonchev–Trinajstić information content (AvgIpc) is 3.26. The summed E-state index contributed by atoms with van der Waals surface area (Å²) in [6.07, 6.45) is 3.37. The van der Waals surface area contributed by atoms with E-state index in [0.717, 1.165) is 33.3 Å². The molecule has 0 aliphatic carbocycles. The first-order valence-corrected chi connectivity index (χ1v) is 11.3. The highest BCUT2D eigenvalue weighted by atomic mass is 35.5. The molecule has 0 saturated heterocycles. The number of rotatable bonds is 6. The van der Waals surface area contributed by atoms with Crippen molar-refractivity contribution in [1.82, 2.24) is 14.5 Å². The monoisotopic (exact) mass is 471 g/mol. The van der Waals surface area contributed by atoms with Crippen LogP contribution in [0.1, 0.15) is 28.9 Å². The van der Waals surface area contributed by atoms with Gasteiger partial charge in [0, 0.05) is 18.3 Å². The molecule has 0 amide bonds. The minimum Gasteiger partial charge on any atom is -0.326 e. The maximum absolute atomic E-state index is 13.6. The fourth-order valence-electron chi connectivity index (χ4n) is 4.11. The van der Waals surface area contributed by atoms with Crippen LogP contribution in [0, 0.1) is 5.82 Å². The molecule has 34 heavy (non-hydrogen) atoms. The average molecular weight is 472 g/mol. The lowest BCUT2D eigenvalue weighted by Crippen LogP contribution is -2.27. The highest BCUT2D eigenvalue weighted by Gasteiger charge is 2.20. The molecule has 4 N–H and O–H groups in total. The molecule has 7 heteroatoms. The number of nitrogens with two attached hydrogens (primary N) is 2. The Morgan fingerprint density at radius 2 is 1.71 bits per heavy atom. The zero-order valence-electron chi connectivity index (χ0n) is 18.3. The van der Waals surface area contributed by atoms with Gasteiger partial charge in [0.25, 0.3) is 0 Å². The van der Waals surface area contributed by atoms with E-state index < -0.39 is 12.1 Å². The zero-order chi connectivity index (χ0) is 23.7. The zero-order valence-corrected chi connectivity index (χ0v) is 19.0. The number of imidazole rings is 1. The van der Waals surface area contributed by atoms with Crippen LogP contribution in [-0.4, -0.2) is 14.5 Å². The Kier molecular flexibility index (Phi) is 6.11. The van der Waals surface area contributed by atoms with Gasteiger partial charge in [-0.05, 0) is 47.0 Å². The van der Waals surface area contributed by atoms with Gasteiger partial charge in [0.1, 0.15) is 5.82 Å². The third kappa shape index (κ3) is 4.43. The van der Waals surface area contributed by atoms with Crippen LogP contribution >= 0.6 is 11.6 Å². The van der Waals surface area contributed by atoms with Crippen molar-refractivity contribution < 1.29 is 4.39 Å². The molecule has 0 fully saturated rings. The third-order valence-corrected chi connectivity index (χ3v) is 6.26. The number of fused-ring (bicyclic) bond motifs is 1. The lowest BCUT2D eigenvalue weighted by molar-refractivity contribution is 0.561. The number of hydrogen-bond acceptors (Lipinski definition) is 4. The largest absolute Gasteiger partial charge is 0.326 e. The van der Waals surface area contributed by atoms with Crippen molar-refractivity contribution in [3.8, 4) is 11.1 Å². The molecule has 0 aliphatic rings. The predicted molar refractivity (Wildman–Crippen MR) is 134 cm³/mol. The summed E-state index contributed by atoms with van der Waals surface area (Å²) < 4.78 is 15.6. The second-order valence-electron chi connectivity index (χ2n) is 8.26. The number of aromatic nitrogens is 3. The molecule has 2 aromatic heterocycles. The van der Waals surface area contributed by atoms with Crippen LogP contribution in [-0.2, 0) is 6.54 Å². The fraction of sp³-hybridized carbons (Fsp3) is 0.111. The maximum atomic E-state index is 13.6. The molecule has 2 atom stereocenters. The number of pyridine rings is 1. The first-order chi connectivity index (χ1) is 16.5. The lowest BCUT2D eigenvalue weighted by Gasteiger charge is -2.20. The Balaban J connectivity index is 1.49. The van der Waals surface area contributed by atoms with Gasteiger partial charge < -0.3 is 16.0 Å². The molecule has 5 rings (SSSR count). The smallest absolute Gasteiger partial charge is 0.123 e. The molecular formula is C27H23ClFN5. The second-order valence-corrected chi connectivity index (χ2v) is 8.66. The van der Waals surface area contributed by atoms with Gasteiger partial charge in [0.05, 0.1) is 40.2 Å². The Morgan fingerprint density at radius 3 is 2.50 bits per heavy atom. The number of hydrogen-bond donors (Lipinski definition) is 2. The van der Waals surface area contributed by atoms with Gasteiger partial charge in [-0.3, -0.25) is 4.98 Å². The summed E-state index contributed by atoms with van der Waals surface area (Å²) in [7, 11) is 0. The first-order valence-electron chi connectivity index (χ1n) is 10.9. The molecule has 0 spiro atoms. The van der Waals surface area contributed by atoms with E-state index in [9.17, 15) is 4.39 Å². The molecule has 2 heterocycles. The molecule has 0 aliphatic heterocycles. The molecule has 3 aromatic carbocycles. The lowest BCUT2D eigenvalue weighted by atomic mass is 9.96. The van der Waals surface area contributed by atoms with E-state index in [1.807, 2.05) is 65.2 Å². The highest BCUT2D eigenvalue weighted by molar-refractivity contribution is 6.33. The number of halogens is 2. The molecule has 170 valence electrons. The van der Waals surface area contributed by atoms with E-state index in [4.69, 9.17) is 23.1 Å². The number of benzene rings is 3. The summed E-state index contributed by atoms with van der Waals surface area (Å²) in [4.78, 5) is 8.94. The van der Waals surface area contributed by atoms with Gasteiger partial charge in [0.15, 0.2) is 0 Å². The Labute approximate surface area is 201 Å².